The molecule has 0 saturated heterocycles. The summed E-state index contributed by atoms with van der Waals surface area (Å²) in [6.45, 7) is -3.42. The van der Waals surface area contributed by atoms with E-state index in [1.165, 1.54) is 7.11 Å². The summed E-state index contributed by atoms with van der Waals surface area (Å²) >= 11 is 5.37. The van der Waals surface area contributed by atoms with Gasteiger partial charge in [0.15, 0.2) is 0 Å². The van der Waals surface area contributed by atoms with E-state index in [-0.39, 0.29) is 0 Å². The normalized spacial score (nSPS) is 15.2. The Balaban J connectivity index is 2.71. The maximum absolute atomic E-state index is 11.1. The molecule has 1 rings (SSSR count). The lowest BCUT2D eigenvalue weighted by Crippen LogP contribution is -1.87. The van der Waals surface area contributed by atoms with Crippen molar-refractivity contribution in [1.29, 1.82) is 0 Å². The van der Waals surface area contributed by atoms with Crippen molar-refractivity contribution < 1.29 is 13.6 Å². The Kier molecular flexibility index (Phi) is 3.15. The van der Waals surface area contributed by atoms with Crippen molar-refractivity contribution in [3.63, 3.8) is 0 Å². The molecule has 0 unspecified atom stereocenters. The van der Waals surface area contributed by atoms with Crippen LogP contribution in [0.3, 0.4) is 0 Å². The smallest absolute Gasteiger partial charge is 0.413 e. The lowest BCUT2D eigenvalue weighted by molar-refractivity contribution is 0.340. The van der Waals surface area contributed by atoms with Gasteiger partial charge in [0.1, 0.15) is 5.75 Å². The van der Waals surface area contributed by atoms with Gasteiger partial charge in [-0.3, -0.25) is 4.52 Å². The first kappa shape index (κ1) is 9.59. The quantitative estimate of drug-likeness (QED) is 0.713. The Morgan fingerprint density at radius 3 is 2.42 bits per heavy atom. The van der Waals surface area contributed by atoms with Crippen LogP contribution >= 0.6 is 18.2 Å². The maximum atomic E-state index is 11.1. The average molecular weight is 207 g/mol. The van der Waals surface area contributed by atoms with Crippen LogP contribution < -0.4 is 4.52 Å². The van der Waals surface area contributed by atoms with E-state index in [9.17, 15) is 4.57 Å². The van der Waals surface area contributed by atoms with E-state index in [1.807, 2.05) is 6.07 Å². The summed E-state index contributed by atoms with van der Waals surface area (Å²) in [6.07, 6.45) is 0. The minimum absolute atomic E-state index is 0.428. The van der Waals surface area contributed by atoms with Gasteiger partial charge in [-0.2, -0.15) is 0 Å². The van der Waals surface area contributed by atoms with Gasteiger partial charge in [-0.05, 0) is 12.1 Å². The number of hydrogen-bond donors (Lipinski definition) is 0. The van der Waals surface area contributed by atoms with Crippen LogP contribution in [0.1, 0.15) is 0 Å². The highest BCUT2D eigenvalue weighted by molar-refractivity contribution is 7.81. The number of rotatable bonds is 3. The molecule has 0 heterocycles. The van der Waals surface area contributed by atoms with Crippen LogP contribution in [-0.2, 0) is 9.09 Å². The fraction of sp³-hybridized carbons (Fsp3) is 0.143. The van der Waals surface area contributed by atoms with Gasteiger partial charge in [0.05, 0.1) is 0 Å². The Bertz CT molecular complexity index is 288. The summed E-state index contributed by atoms with van der Waals surface area (Å²) in [5, 5.41) is 0. The second-order valence-electron chi connectivity index (χ2n) is 2.02. The van der Waals surface area contributed by atoms with Crippen LogP contribution in [0.25, 0.3) is 0 Å². The molecule has 0 aliphatic rings. The van der Waals surface area contributed by atoms with Gasteiger partial charge in [0.25, 0.3) is 0 Å². The van der Waals surface area contributed by atoms with Crippen molar-refractivity contribution in [2.24, 2.45) is 0 Å². The highest BCUT2D eigenvalue weighted by Crippen LogP contribution is 2.52. The van der Waals surface area contributed by atoms with E-state index in [0.717, 1.165) is 0 Å². The molecule has 1 atom stereocenters. The van der Waals surface area contributed by atoms with Crippen molar-refractivity contribution in [3.8, 4) is 5.75 Å². The van der Waals surface area contributed by atoms with E-state index in [0.29, 0.717) is 5.75 Å². The van der Waals surface area contributed by atoms with Gasteiger partial charge in [-0.15, -0.1) is 0 Å². The van der Waals surface area contributed by atoms with Crippen LogP contribution in [-0.4, -0.2) is 7.11 Å². The topological polar surface area (TPSA) is 35.5 Å². The zero-order valence-electron chi connectivity index (χ0n) is 6.44. The van der Waals surface area contributed by atoms with Crippen LogP contribution in [0.5, 0.6) is 5.75 Å². The predicted octanol–water partition coefficient (Wildman–Crippen LogP) is 3.06. The van der Waals surface area contributed by atoms with Crippen molar-refractivity contribution >= 4 is 18.2 Å². The lowest BCUT2D eigenvalue weighted by Gasteiger charge is -2.08. The van der Waals surface area contributed by atoms with Crippen LogP contribution in [0, 0.1) is 0 Å². The summed E-state index contributed by atoms with van der Waals surface area (Å²) in [5.41, 5.74) is 0. The fourth-order valence-corrected chi connectivity index (χ4v) is 1.33. The highest BCUT2D eigenvalue weighted by Gasteiger charge is 2.19. The minimum Gasteiger partial charge on any atom is -0.413 e. The summed E-state index contributed by atoms with van der Waals surface area (Å²) in [6, 6.07) is 8.62. The third kappa shape index (κ3) is 2.86. The highest BCUT2D eigenvalue weighted by atomic mass is 35.7. The first-order chi connectivity index (χ1) is 5.64. The zero-order chi connectivity index (χ0) is 9.03. The van der Waals surface area contributed by atoms with E-state index >= 15 is 0 Å². The van der Waals surface area contributed by atoms with Gasteiger partial charge in [-0.25, -0.2) is 4.57 Å². The number of benzene rings is 1. The van der Waals surface area contributed by atoms with Gasteiger partial charge >= 0.3 is 6.95 Å². The fourth-order valence-electron chi connectivity index (χ4n) is 0.645. The summed E-state index contributed by atoms with van der Waals surface area (Å²) < 4.78 is 20.4. The minimum atomic E-state index is -3.42. The second-order valence-corrected chi connectivity index (χ2v) is 4.67. The Morgan fingerprint density at radius 1 is 1.33 bits per heavy atom. The lowest BCUT2D eigenvalue weighted by atomic mass is 10.3. The molecule has 1 aromatic rings. The molecule has 0 bridgehead atoms. The third-order valence-corrected chi connectivity index (χ3v) is 2.66. The number of para-hydroxylation sites is 1. The Labute approximate surface area is 75.6 Å². The molecule has 5 heteroatoms. The molecule has 1 aromatic carbocycles. The first-order valence-electron chi connectivity index (χ1n) is 3.24. The zero-order valence-corrected chi connectivity index (χ0v) is 8.09. The largest absolute Gasteiger partial charge is 0.476 e. The van der Waals surface area contributed by atoms with Crippen molar-refractivity contribution in [2.75, 3.05) is 7.11 Å². The number of halogens is 1. The second kappa shape index (κ2) is 3.94. The molecular weight excluding hydrogens is 199 g/mol. The Morgan fingerprint density at radius 2 is 1.92 bits per heavy atom. The molecule has 66 valence electrons. The maximum Gasteiger partial charge on any atom is 0.476 e. The summed E-state index contributed by atoms with van der Waals surface area (Å²) in [4.78, 5) is 0. The predicted molar refractivity (Wildman–Crippen MR) is 47.5 cm³/mol. The molecule has 3 nitrogen and oxygen atoms in total. The number of hydrogen-bond acceptors (Lipinski definition) is 3. The molecular formula is C7H8ClO3P. The van der Waals surface area contributed by atoms with Crippen molar-refractivity contribution in [1.82, 2.24) is 0 Å². The van der Waals surface area contributed by atoms with Gasteiger partial charge < -0.3 is 4.52 Å². The average Bonchev–Trinajstić information content (AvgIpc) is 2.06. The molecule has 0 aromatic heterocycles. The Hall–Kier alpha value is -0.500. The van der Waals surface area contributed by atoms with Gasteiger partial charge in [-0.1, -0.05) is 18.2 Å². The molecule has 0 fully saturated rings. The molecule has 0 aliphatic carbocycles. The van der Waals surface area contributed by atoms with E-state index in [1.54, 1.807) is 24.3 Å². The van der Waals surface area contributed by atoms with Crippen LogP contribution in [0.15, 0.2) is 30.3 Å². The van der Waals surface area contributed by atoms with Crippen LogP contribution in [0.4, 0.5) is 0 Å². The SMILES string of the molecule is CO[P@](=O)(Cl)Oc1ccccc1. The molecule has 0 radical (unpaired) electrons. The molecule has 0 saturated carbocycles. The first-order valence-corrected chi connectivity index (χ1v) is 5.69. The summed E-state index contributed by atoms with van der Waals surface area (Å²) in [7, 11) is 1.23. The van der Waals surface area contributed by atoms with E-state index < -0.39 is 6.95 Å². The molecule has 0 aliphatic heterocycles. The molecule has 12 heavy (non-hydrogen) atoms. The van der Waals surface area contributed by atoms with Gasteiger partial charge in [0.2, 0.25) is 0 Å². The molecule has 0 N–H and O–H groups in total. The van der Waals surface area contributed by atoms with Crippen molar-refractivity contribution in [2.45, 2.75) is 0 Å². The monoisotopic (exact) mass is 206 g/mol. The summed E-state index contributed by atoms with van der Waals surface area (Å²) in [5.74, 6) is 0.428. The van der Waals surface area contributed by atoms with Gasteiger partial charge in [0, 0.05) is 18.4 Å². The van der Waals surface area contributed by atoms with Crippen LogP contribution in [0.2, 0.25) is 0 Å². The standard InChI is InChI=1S/C7H8ClO3P/c1-10-12(8,9)11-7-5-3-2-4-6-7/h2-6H,1H3/t12-/m1/s1. The van der Waals surface area contributed by atoms with Crippen molar-refractivity contribution in [3.05, 3.63) is 30.3 Å². The molecule has 0 spiro atoms. The van der Waals surface area contributed by atoms with E-state index in [4.69, 9.17) is 15.8 Å². The third-order valence-electron chi connectivity index (χ3n) is 1.18. The molecule has 0 amide bonds. The van der Waals surface area contributed by atoms with E-state index in [2.05, 4.69) is 4.52 Å².